The van der Waals surface area contributed by atoms with Gasteiger partial charge in [-0.25, -0.2) is 0 Å². The Kier molecular flexibility index (Phi) is 8.22. The summed E-state index contributed by atoms with van der Waals surface area (Å²) in [6.07, 6.45) is 19.3. The van der Waals surface area contributed by atoms with Crippen molar-refractivity contribution in [1.82, 2.24) is 15.1 Å². The van der Waals surface area contributed by atoms with Gasteiger partial charge in [-0.15, -0.1) is 11.8 Å². The van der Waals surface area contributed by atoms with Crippen molar-refractivity contribution in [2.75, 3.05) is 26.2 Å². The van der Waals surface area contributed by atoms with E-state index in [0.29, 0.717) is 17.7 Å². The van der Waals surface area contributed by atoms with Gasteiger partial charge in [0.25, 0.3) is 0 Å². The van der Waals surface area contributed by atoms with E-state index in [1.807, 2.05) is 0 Å². The van der Waals surface area contributed by atoms with Crippen molar-refractivity contribution in [1.29, 1.82) is 0 Å². The lowest BCUT2D eigenvalue weighted by Gasteiger charge is -2.47. The first-order valence-electron chi connectivity index (χ1n) is 14.2. The Hall–Kier alpha value is -0.750. The molecule has 2 amide bonds. The smallest absolute Gasteiger partial charge is 0.233 e. The number of rotatable bonds is 5. The molecule has 0 radical (unpaired) electrons. The number of carbonyl (C=O) groups is 2. The highest BCUT2D eigenvalue weighted by Gasteiger charge is 2.40. The third kappa shape index (κ3) is 5.74. The van der Waals surface area contributed by atoms with Crippen molar-refractivity contribution in [3.63, 3.8) is 0 Å². The molecule has 0 bridgehead atoms. The molecule has 0 aromatic carbocycles. The van der Waals surface area contributed by atoms with Crippen LogP contribution in [0.1, 0.15) is 96.3 Å². The SMILES string of the molecule is O=C1NC2CCCCC2SC1CC(=O)N1CCN(C(C2CCCCC2)C2CCCCC2)CC1. The third-order valence-electron chi connectivity index (χ3n) is 9.38. The summed E-state index contributed by atoms with van der Waals surface area (Å²) in [5.41, 5.74) is 0. The Morgan fingerprint density at radius 3 is 2.03 bits per heavy atom. The molecule has 2 aliphatic heterocycles. The molecule has 3 unspecified atom stereocenters. The monoisotopic (exact) mass is 475 g/mol. The van der Waals surface area contributed by atoms with Crippen LogP contribution in [0.3, 0.4) is 0 Å². The Morgan fingerprint density at radius 2 is 1.39 bits per heavy atom. The number of amides is 2. The molecule has 5 fully saturated rings. The van der Waals surface area contributed by atoms with Gasteiger partial charge < -0.3 is 10.2 Å². The number of carbonyl (C=O) groups excluding carboxylic acids is 2. The van der Waals surface area contributed by atoms with Crippen molar-refractivity contribution >= 4 is 23.6 Å². The molecule has 5 rings (SSSR count). The highest BCUT2D eigenvalue weighted by atomic mass is 32.2. The molecular formula is C27H45N3O2S. The lowest BCUT2D eigenvalue weighted by atomic mass is 9.73. The summed E-state index contributed by atoms with van der Waals surface area (Å²) in [4.78, 5) is 30.7. The van der Waals surface area contributed by atoms with Crippen LogP contribution in [0.4, 0.5) is 0 Å². The van der Waals surface area contributed by atoms with Gasteiger partial charge in [0.05, 0.1) is 5.25 Å². The first kappa shape index (κ1) is 24.0. The van der Waals surface area contributed by atoms with Crippen molar-refractivity contribution in [2.24, 2.45) is 11.8 Å². The van der Waals surface area contributed by atoms with E-state index in [0.717, 1.165) is 50.5 Å². The van der Waals surface area contributed by atoms with Crippen molar-refractivity contribution in [3.05, 3.63) is 0 Å². The predicted octanol–water partition coefficient (Wildman–Crippen LogP) is 4.59. The zero-order valence-electron chi connectivity index (χ0n) is 20.5. The fourth-order valence-corrected chi connectivity index (χ4v) is 9.15. The van der Waals surface area contributed by atoms with Crippen molar-refractivity contribution in [2.45, 2.75) is 119 Å². The molecule has 0 aromatic heterocycles. The molecule has 5 nitrogen and oxygen atoms in total. The summed E-state index contributed by atoms with van der Waals surface area (Å²) >= 11 is 1.79. The van der Waals surface area contributed by atoms with E-state index in [1.165, 1.54) is 83.5 Å². The molecule has 2 saturated heterocycles. The average molecular weight is 476 g/mol. The molecule has 33 heavy (non-hydrogen) atoms. The zero-order valence-corrected chi connectivity index (χ0v) is 21.3. The maximum atomic E-state index is 13.2. The lowest BCUT2D eigenvalue weighted by molar-refractivity contribution is -0.135. The van der Waals surface area contributed by atoms with E-state index in [4.69, 9.17) is 0 Å². The van der Waals surface area contributed by atoms with E-state index in [-0.39, 0.29) is 17.1 Å². The van der Waals surface area contributed by atoms with Crippen LogP contribution in [-0.4, -0.2) is 70.4 Å². The highest BCUT2D eigenvalue weighted by molar-refractivity contribution is 8.01. The van der Waals surface area contributed by atoms with E-state index in [1.54, 1.807) is 11.8 Å². The van der Waals surface area contributed by atoms with Crippen molar-refractivity contribution in [3.8, 4) is 0 Å². The summed E-state index contributed by atoms with van der Waals surface area (Å²) in [7, 11) is 0. The zero-order chi connectivity index (χ0) is 22.6. The normalized spacial score (nSPS) is 33.1. The van der Waals surface area contributed by atoms with Gasteiger partial charge in [0.2, 0.25) is 11.8 Å². The van der Waals surface area contributed by atoms with Gasteiger partial charge in [-0.05, 0) is 50.4 Å². The maximum Gasteiger partial charge on any atom is 0.233 e. The van der Waals surface area contributed by atoms with Crippen molar-refractivity contribution < 1.29 is 9.59 Å². The second-order valence-electron chi connectivity index (χ2n) is 11.5. The van der Waals surface area contributed by atoms with E-state index in [9.17, 15) is 9.59 Å². The molecule has 6 heteroatoms. The molecule has 3 atom stereocenters. The van der Waals surface area contributed by atoms with Gasteiger partial charge >= 0.3 is 0 Å². The molecule has 3 saturated carbocycles. The third-order valence-corrected chi connectivity index (χ3v) is 11.0. The van der Waals surface area contributed by atoms with Gasteiger partial charge in [-0.2, -0.15) is 0 Å². The van der Waals surface area contributed by atoms with Crippen LogP contribution >= 0.6 is 11.8 Å². The largest absolute Gasteiger partial charge is 0.351 e. The molecule has 186 valence electrons. The Morgan fingerprint density at radius 1 is 0.818 bits per heavy atom. The fourth-order valence-electron chi connectivity index (χ4n) is 7.60. The van der Waals surface area contributed by atoms with Crippen LogP contribution in [0, 0.1) is 11.8 Å². The van der Waals surface area contributed by atoms with Crippen LogP contribution in [-0.2, 0) is 9.59 Å². The Bertz CT molecular complexity index is 650. The molecule has 3 aliphatic carbocycles. The molecule has 0 spiro atoms. The number of thioether (sulfide) groups is 1. The number of hydrogen-bond donors (Lipinski definition) is 1. The Balaban J connectivity index is 1.15. The van der Waals surface area contributed by atoms with Crippen LogP contribution < -0.4 is 5.32 Å². The molecule has 5 aliphatic rings. The second kappa shape index (κ2) is 11.3. The van der Waals surface area contributed by atoms with Gasteiger partial charge in [0.15, 0.2) is 0 Å². The van der Waals surface area contributed by atoms with Gasteiger partial charge in [0.1, 0.15) is 0 Å². The lowest BCUT2D eigenvalue weighted by Crippen LogP contribution is -2.57. The number of piperazine rings is 1. The molecule has 2 heterocycles. The van der Waals surface area contributed by atoms with Crippen LogP contribution in [0.15, 0.2) is 0 Å². The van der Waals surface area contributed by atoms with E-state index < -0.39 is 0 Å². The summed E-state index contributed by atoms with van der Waals surface area (Å²) < 4.78 is 0. The van der Waals surface area contributed by atoms with E-state index in [2.05, 4.69) is 15.1 Å². The average Bonchev–Trinajstić information content (AvgIpc) is 2.86. The minimum Gasteiger partial charge on any atom is -0.351 e. The van der Waals surface area contributed by atoms with E-state index >= 15 is 0 Å². The summed E-state index contributed by atoms with van der Waals surface area (Å²) in [6, 6.07) is 1.08. The molecule has 1 N–H and O–H groups in total. The summed E-state index contributed by atoms with van der Waals surface area (Å²) in [6.45, 7) is 3.75. The molecular weight excluding hydrogens is 430 g/mol. The summed E-state index contributed by atoms with van der Waals surface area (Å²) in [5.74, 6) is 2.04. The fraction of sp³-hybridized carbons (Fsp3) is 0.926. The maximum absolute atomic E-state index is 13.2. The number of hydrogen-bond acceptors (Lipinski definition) is 4. The molecule has 0 aromatic rings. The Labute approximate surface area is 205 Å². The van der Waals surface area contributed by atoms with Gasteiger partial charge in [0, 0.05) is 49.9 Å². The summed E-state index contributed by atoms with van der Waals surface area (Å²) in [5, 5.41) is 3.56. The standard InChI is InChI=1S/C27H45N3O2S/c31-25(19-24-27(32)28-22-13-7-8-14-23(22)33-24)29-15-17-30(18-16-29)26(20-9-3-1-4-10-20)21-11-5-2-6-12-21/h20-24,26H,1-19H2,(H,28,32). The first-order valence-corrected chi connectivity index (χ1v) is 15.1. The van der Waals surface area contributed by atoms with Crippen LogP contribution in [0.2, 0.25) is 0 Å². The predicted molar refractivity (Wildman–Crippen MR) is 135 cm³/mol. The van der Waals surface area contributed by atoms with Crippen LogP contribution in [0.5, 0.6) is 0 Å². The van der Waals surface area contributed by atoms with Crippen LogP contribution in [0.25, 0.3) is 0 Å². The minimum absolute atomic E-state index is 0.102. The highest BCUT2D eigenvalue weighted by Crippen LogP contribution is 2.39. The van der Waals surface area contributed by atoms with Gasteiger partial charge in [-0.1, -0.05) is 51.4 Å². The second-order valence-corrected chi connectivity index (χ2v) is 12.9. The topological polar surface area (TPSA) is 52.7 Å². The number of nitrogens with zero attached hydrogens (tertiary/aromatic N) is 2. The van der Waals surface area contributed by atoms with Gasteiger partial charge in [-0.3, -0.25) is 14.5 Å². The first-order chi connectivity index (χ1) is 16.2. The number of nitrogens with one attached hydrogen (secondary N) is 1. The minimum atomic E-state index is -0.188. The number of fused-ring (bicyclic) bond motifs is 1. The quantitative estimate of drug-likeness (QED) is 0.632.